The summed E-state index contributed by atoms with van der Waals surface area (Å²) in [7, 11) is 0. The van der Waals surface area contributed by atoms with Crippen molar-refractivity contribution in [2.75, 3.05) is 0 Å². The molecular weight excluding hydrogens is 234 g/mol. The Morgan fingerprint density at radius 3 is 2.73 bits per heavy atom. The molecule has 0 N–H and O–H groups in total. The average molecular weight is 247 g/mol. The van der Waals surface area contributed by atoms with E-state index in [-0.39, 0.29) is 17.1 Å². The number of alkyl halides is 1. The van der Waals surface area contributed by atoms with Crippen LogP contribution in [-0.4, -0.2) is 5.38 Å². The van der Waals surface area contributed by atoms with E-state index in [9.17, 15) is 4.39 Å². The highest BCUT2D eigenvalue weighted by Crippen LogP contribution is 2.36. The van der Waals surface area contributed by atoms with Crippen molar-refractivity contribution in [1.82, 2.24) is 0 Å². The van der Waals surface area contributed by atoms with Gasteiger partial charge >= 0.3 is 0 Å². The van der Waals surface area contributed by atoms with Crippen LogP contribution >= 0.6 is 23.2 Å². The molecule has 1 aromatic carbocycles. The van der Waals surface area contributed by atoms with Gasteiger partial charge in [-0.25, -0.2) is 4.39 Å². The predicted octanol–water partition coefficient (Wildman–Crippen LogP) is 4.74. The molecule has 3 heteroatoms. The first-order valence-electron chi connectivity index (χ1n) is 5.26. The second-order valence-electron chi connectivity index (χ2n) is 4.13. The minimum atomic E-state index is -0.196. The molecule has 15 heavy (non-hydrogen) atoms. The van der Waals surface area contributed by atoms with Crippen LogP contribution in [0.5, 0.6) is 0 Å². The fourth-order valence-corrected chi connectivity index (χ4v) is 2.77. The normalized spacial score (nSPS) is 26.6. The van der Waals surface area contributed by atoms with Gasteiger partial charge in [0.05, 0.1) is 0 Å². The molecule has 0 bridgehead atoms. The van der Waals surface area contributed by atoms with Crippen molar-refractivity contribution in [2.45, 2.75) is 37.0 Å². The molecule has 2 atom stereocenters. The van der Waals surface area contributed by atoms with E-state index in [0.717, 1.165) is 31.2 Å². The van der Waals surface area contributed by atoms with Crippen LogP contribution in [0, 0.1) is 5.82 Å². The molecule has 0 aliphatic heterocycles. The van der Waals surface area contributed by atoms with Crippen molar-refractivity contribution in [2.24, 2.45) is 0 Å². The lowest BCUT2D eigenvalue weighted by Gasteiger charge is -2.26. The summed E-state index contributed by atoms with van der Waals surface area (Å²) < 4.78 is 13.6. The molecule has 0 spiro atoms. The molecule has 1 aromatic rings. The quantitative estimate of drug-likeness (QED) is 0.628. The Hall–Kier alpha value is -0.270. The summed E-state index contributed by atoms with van der Waals surface area (Å²) in [6, 6.07) is 4.92. The molecule has 2 unspecified atom stereocenters. The minimum absolute atomic E-state index is 0.193. The molecular formula is C12H13Cl2F. The van der Waals surface area contributed by atoms with Gasteiger partial charge < -0.3 is 0 Å². The van der Waals surface area contributed by atoms with Crippen molar-refractivity contribution >= 4 is 23.2 Å². The van der Waals surface area contributed by atoms with Crippen LogP contribution in [0.25, 0.3) is 0 Å². The smallest absolute Gasteiger partial charge is 0.128 e. The highest BCUT2D eigenvalue weighted by molar-refractivity contribution is 6.30. The van der Waals surface area contributed by atoms with Gasteiger partial charge in [-0.15, -0.1) is 11.6 Å². The zero-order valence-corrected chi connectivity index (χ0v) is 9.86. The number of benzene rings is 1. The molecule has 1 fully saturated rings. The molecule has 0 heterocycles. The fraction of sp³-hybridized carbons (Fsp3) is 0.500. The number of halogens is 3. The molecule has 0 nitrogen and oxygen atoms in total. The summed E-state index contributed by atoms with van der Waals surface area (Å²) in [6.07, 6.45) is 4.04. The van der Waals surface area contributed by atoms with Crippen LogP contribution in [0.2, 0.25) is 5.02 Å². The SMILES string of the molecule is Fc1cc(Cl)ccc1C1CCCC(Cl)C1. The van der Waals surface area contributed by atoms with Crippen molar-refractivity contribution in [1.29, 1.82) is 0 Å². The molecule has 0 aromatic heterocycles. The first-order chi connectivity index (χ1) is 7.16. The van der Waals surface area contributed by atoms with Gasteiger partial charge in [-0.3, -0.25) is 0 Å². The van der Waals surface area contributed by atoms with Crippen LogP contribution in [0.4, 0.5) is 4.39 Å². The molecule has 1 aliphatic rings. The van der Waals surface area contributed by atoms with Crippen LogP contribution in [0.3, 0.4) is 0 Å². The average Bonchev–Trinajstić information content (AvgIpc) is 2.17. The lowest BCUT2D eigenvalue weighted by molar-refractivity contribution is 0.435. The van der Waals surface area contributed by atoms with E-state index in [2.05, 4.69) is 0 Å². The third-order valence-electron chi connectivity index (χ3n) is 3.01. The summed E-state index contributed by atoms with van der Waals surface area (Å²) in [5.41, 5.74) is 0.768. The maximum atomic E-state index is 13.6. The summed E-state index contributed by atoms with van der Waals surface area (Å²) in [5.74, 6) is 0.0665. The van der Waals surface area contributed by atoms with Gasteiger partial charge in [-0.1, -0.05) is 24.1 Å². The topological polar surface area (TPSA) is 0 Å². The van der Waals surface area contributed by atoms with Gasteiger partial charge in [-0.05, 0) is 42.9 Å². The van der Waals surface area contributed by atoms with Gasteiger partial charge in [0.15, 0.2) is 0 Å². The molecule has 82 valence electrons. The third kappa shape index (κ3) is 2.64. The Bertz CT molecular complexity index is 351. The van der Waals surface area contributed by atoms with Gasteiger partial charge in [0.1, 0.15) is 5.82 Å². The van der Waals surface area contributed by atoms with Crippen molar-refractivity contribution in [3.63, 3.8) is 0 Å². The highest BCUT2D eigenvalue weighted by atomic mass is 35.5. The van der Waals surface area contributed by atoms with E-state index in [1.54, 1.807) is 12.1 Å². The van der Waals surface area contributed by atoms with Crippen molar-refractivity contribution < 1.29 is 4.39 Å². The first kappa shape index (κ1) is 11.2. The third-order valence-corrected chi connectivity index (χ3v) is 3.64. The summed E-state index contributed by atoms with van der Waals surface area (Å²) >= 11 is 11.8. The molecule has 1 saturated carbocycles. The summed E-state index contributed by atoms with van der Waals surface area (Å²) in [4.78, 5) is 0. The minimum Gasteiger partial charge on any atom is -0.207 e. The molecule has 0 saturated heterocycles. The van der Waals surface area contributed by atoms with E-state index in [1.165, 1.54) is 6.07 Å². The standard InChI is InChI=1S/C12H13Cl2F/c13-9-3-1-2-8(6-9)11-5-4-10(14)7-12(11)15/h4-5,7-9H,1-3,6H2. The van der Waals surface area contributed by atoms with Crippen LogP contribution < -0.4 is 0 Å². The first-order valence-corrected chi connectivity index (χ1v) is 6.07. The van der Waals surface area contributed by atoms with Gasteiger partial charge in [0.2, 0.25) is 0 Å². The number of hydrogen-bond donors (Lipinski definition) is 0. The van der Waals surface area contributed by atoms with E-state index >= 15 is 0 Å². The van der Waals surface area contributed by atoms with Crippen LogP contribution in [0.1, 0.15) is 37.2 Å². The predicted molar refractivity (Wildman–Crippen MR) is 62.3 cm³/mol. The van der Waals surface area contributed by atoms with Gasteiger partial charge in [-0.2, -0.15) is 0 Å². The van der Waals surface area contributed by atoms with Gasteiger partial charge in [0.25, 0.3) is 0 Å². The summed E-state index contributed by atoms with van der Waals surface area (Å²) in [6.45, 7) is 0. The molecule has 0 radical (unpaired) electrons. The molecule has 2 rings (SSSR count). The van der Waals surface area contributed by atoms with Crippen molar-refractivity contribution in [3.05, 3.63) is 34.6 Å². The Morgan fingerprint density at radius 2 is 2.07 bits per heavy atom. The maximum Gasteiger partial charge on any atom is 0.128 e. The molecule has 1 aliphatic carbocycles. The Balaban J connectivity index is 2.21. The second kappa shape index (κ2) is 4.71. The summed E-state index contributed by atoms with van der Waals surface area (Å²) in [5, 5.41) is 0.647. The van der Waals surface area contributed by atoms with E-state index in [0.29, 0.717) is 5.02 Å². The Morgan fingerprint density at radius 1 is 1.27 bits per heavy atom. The number of hydrogen-bond acceptors (Lipinski definition) is 0. The second-order valence-corrected chi connectivity index (χ2v) is 5.18. The molecule has 0 amide bonds. The zero-order chi connectivity index (χ0) is 10.8. The zero-order valence-electron chi connectivity index (χ0n) is 8.35. The van der Waals surface area contributed by atoms with E-state index < -0.39 is 0 Å². The van der Waals surface area contributed by atoms with Crippen molar-refractivity contribution in [3.8, 4) is 0 Å². The largest absolute Gasteiger partial charge is 0.207 e. The van der Waals surface area contributed by atoms with E-state index in [4.69, 9.17) is 23.2 Å². The monoisotopic (exact) mass is 246 g/mol. The Kier molecular flexibility index (Phi) is 3.53. The maximum absolute atomic E-state index is 13.6. The Labute approximate surface area is 99.4 Å². The lowest BCUT2D eigenvalue weighted by atomic mass is 9.83. The fourth-order valence-electron chi connectivity index (χ4n) is 2.25. The van der Waals surface area contributed by atoms with Crippen LogP contribution in [-0.2, 0) is 0 Å². The van der Waals surface area contributed by atoms with E-state index in [1.807, 2.05) is 0 Å². The lowest BCUT2D eigenvalue weighted by Crippen LogP contribution is -2.14. The highest BCUT2D eigenvalue weighted by Gasteiger charge is 2.23. The number of rotatable bonds is 1. The van der Waals surface area contributed by atoms with Crippen LogP contribution in [0.15, 0.2) is 18.2 Å². The van der Waals surface area contributed by atoms with Gasteiger partial charge in [0, 0.05) is 10.4 Å².